The molecule has 4 heteroatoms. The highest BCUT2D eigenvalue weighted by atomic mass is 16.5. The van der Waals surface area contributed by atoms with Crippen molar-refractivity contribution in [1.82, 2.24) is 0 Å². The molecule has 1 heterocycles. The monoisotopic (exact) mass is 233 g/mol. The van der Waals surface area contributed by atoms with E-state index in [1.807, 2.05) is 31.2 Å². The second-order valence-electron chi connectivity index (χ2n) is 4.19. The minimum Gasteiger partial charge on any atom is -0.481 e. The van der Waals surface area contributed by atoms with Crippen LogP contribution in [0, 0.1) is 6.92 Å². The molecule has 1 aliphatic rings. The molecule has 0 saturated carbocycles. The van der Waals surface area contributed by atoms with Gasteiger partial charge in [-0.1, -0.05) is 24.3 Å². The fraction of sp³-hybridized carbons (Fsp3) is 0.385. The zero-order chi connectivity index (χ0) is 12.3. The molecule has 1 unspecified atom stereocenters. The number of aryl methyl sites for hydroxylation is 1. The molecule has 0 radical (unpaired) electrons. The molecule has 0 fully saturated rings. The maximum atomic E-state index is 10.5. The molecule has 1 aromatic carbocycles. The van der Waals surface area contributed by atoms with Crippen LogP contribution in [0.5, 0.6) is 0 Å². The number of carboxylic acid groups (broad SMARTS) is 1. The Morgan fingerprint density at radius 1 is 1.53 bits per heavy atom. The normalized spacial score (nSPS) is 18.6. The first-order valence-corrected chi connectivity index (χ1v) is 5.61. The highest BCUT2D eigenvalue weighted by Crippen LogP contribution is 2.14. The predicted molar refractivity (Wildman–Crippen MR) is 64.3 cm³/mol. The SMILES string of the molecule is Cc1ccccc1CC1=NC(CC(=O)O)CO1. The number of aliphatic carboxylic acids is 1. The Bertz CT molecular complexity index is 454. The Morgan fingerprint density at radius 2 is 2.29 bits per heavy atom. The van der Waals surface area contributed by atoms with E-state index in [4.69, 9.17) is 9.84 Å². The lowest BCUT2D eigenvalue weighted by atomic mass is 10.1. The molecule has 1 aromatic rings. The third kappa shape index (κ3) is 3.06. The van der Waals surface area contributed by atoms with E-state index in [2.05, 4.69) is 4.99 Å². The highest BCUT2D eigenvalue weighted by Gasteiger charge is 2.21. The Hall–Kier alpha value is -1.84. The van der Waals surface area contributed by atoms with Crippen LogP contribution in [0.15, 0.2) is 29.3 Å². The van der Waals surface area contributed by atoms with E-state index >= 15 is 0 Å². The van der Waals surface area contributed by atoms with Crippen LogP contribution in [0.25, 0.3) is 0 Å². The van der Waals surface area contributed by atoms with Gasteiger partial charge in [0.15, 0.2) is 5.90 Å². The van der Waals surface area contributed by atoms with Crippen LogP contribution in [0.4, 0.5) is 0 Å². The molecule has 0 amide bonds. The lowest BCUT2D eigenvalue weighted by molar-refractivity contribution is -0.137. The van der Waals surface area contributed by atoms with Crippen molar-refractivity contribution in [2.45, 2.75) is 25.8 Å². The molecule has 1 aliphatic heterocycles. The number of benzene rings is 1. The summed E-state index contributed by atoms with van der Waals surface area (Å²) in [5.41, 5.74) is 2.36. The Kier molecular flexibility index (Phi) is 3.42. The van der Waals surface area contributed by atoms with Gasteiger partial charge in [0.05, 0.1) is 12.5 Å². The maximum absolute atomic E-state index is 10.5. The second kappa shape index (κ2) is 4.99. The van der Waals surface area contributed by atoms with Crippen molar-refractivity contribution in [3.8, 4) is 0 Å². The first kappa shape index (κ1) is 11.6. The average Bonchev–Trinajstić information content (AvgIpc) is 2.68. The standard InChI is InChI=1S/C13H15NO3/c1-9-4-2-3-5-10(9)6-12-14-11(8-17-12)7-13(15)16/h2-5,11H,6-8H2,1H3,(H,15,16). The van der Waals surface area contributed by atoms with Crippen molar-refractivity contribution in [2.75, 3.05) is 6.61 Å². The van der Waals surface area contributed by atoms with E-state index in [9.17, 15) is 4.79 Å². The quantitative estimate of drug-likeness (QED) is 0.862. The smallest absolute Gasteiger partial charge is 0.305 e. The zero-order valence-corrected chi connectivity index (χ0v) is 9.72. The van der Waals surface area contributed by atoms with Crippen LogP contribution in [0.1, 0.15) is 17.5 Å². The van der Waals surface area contributed by atoms with Crippen molar-refractivity contribution in [3.63, 3.8) is 0 Å². The molecule has 0 saturated heterocycles. The van der Waals surface area contributed by atoms with Gasteiger partial charge in [0.2, 0.25) is 0 Å². The number of nitrogens with zero attached hydrogens (tertiary/aromatic N) is 1. The Morgan fingerprint density at radius 3 is 3.00 bits per heavy atom. The van der Waals surface area contributed by atoms with E-state index in [1.54, 1.807) is 0 Å². The van der Waals surface area contributed by atoms with E-state index in [0.29, 0.717) is 18.9 Å². The maximum Gasteiger partial charge on any atom is 0.305 e. The van der Waals surface area contributed by atoms with Crippen molar-refractivity contribution >= 4 is 11.9 Å². The number of carbonyl (C=O) groups is 1. The summed E-state index contributed by atoms with van der Waals surface area (Å²) in [5.74, 6) is -0.190. The van der Waals surface area contributed by atoms with Gasteiger partial charge in [-0.25, -0.2) is 4.99 Å². The fourth-order valence-electron chi connectivity index (χ4n) is 1.84. The molecule has 17 heavy (non-hydrogen) atoms. The molecule has 0 aromatic heterocycles. The van der Waals surface area contributed by atoms with Gasteiger partial charge in [-0.3, -0.25) is 4.79 Å². The van der Waals surface area contributed by atoms with Gasteiger partial charge in [-0.05, 0) is 18.1 Å². The van der Waals surface area contributed by atoms with Gasteiger partial charge in [0, 0.05) is 6.42 Å². The van der Waals surface area contributed by atoms with Gasteiger partial charge in [-0.15, -0.1) is 0 Å². The second-order valence-corrected chi connectivity index (χ2v) is 4.19. The number of hydrogen-bond donors (Lipinski definition) is 1. The van der Waals surface area contributed by atoms with Crippen LogP contribution in [0.2, 0.25) is 0 Å². The summed E-state index contributed by atoms with van der Waals surface area (Å²) >= 11 is 0. The molecule has 0 spiro atoms. The Labute approximate surface area is 99.9 Å². The molecule has 1 N–H and O–H groups in total. The van der Waals surface area contributed by atoms with Crippen molar-refractivity contribution in [3.05, 3.63) is 35.4 Å². The molecule has 4 nitrogen and oxygen atoms in total. The molecule has 1 atom stereocenters. The number of hydrogen-bond acceptors (Lipinski definition) is 3. The summed E-state index contributed by atoms with van der Waals surface area (Å²) < 4.78 is 5.41. The van der Waals surface area contributed by atoms with Gasteiger partial charge >= 0.3 is 5.97 Å². The summed E-state index contributed by atoms with van der Waals surface area (Å²) in [6, 6.07) is 7.81. The zero-order valence-electron chi connectivity index (χ0n) is 9.72. The van der Waals surface area contributed by atoms with Crippen LogP contribution in [0.3, 0.4) is 0 Å². The van der Waals surface area contributed by atoms with Crippen LogP contribution in [-0.4, -0.2) is 29.6 Å². The summed E-state index contributed by atoms with van der Waals surface area (Å²) in [4.78, 5) is 14.8. The lowest BCUT2D eigenvalue weighted by Gasteiger charge is -2.04. The number of ether oxygens (including phenoxy) is 1. The van der Waals surface area contributed by atoms with Gasteiger partial charge in [0.25, 0.3) is 0 Å². The molecule has 2 rings (SSSR count). The number of carboxylic acids is 1. The first-order valence-electron chi connectivity index (χ1n) is 5.61. The highest BCUT2D eigenvalue weighted by molar-refractivity contribution is 5.81. The van der Waals surface area contributed by atoms with Crippen molar-refractivity contribution < 1.29 is 14.6 Å². The van der Waals surface area contributed by atoms with Gasteiger partial charge in [-0.2, -0.15) is 0 Å². The van der Waals surface area contributed by atoms with Gasteiger partial charge < -0.3 is 9.84 Å². The van der Waals surface area contributed by atoms with E-state index in [-0.39, 0.29) is 12.5 Å². The summed E-state index contributed by atoms with van der Waals surface area (Å²) in [6.45, 7) is 2.42. The van der Waals surface area contributed by atoms with Gasteiger partial charge in [0.1, 0.15) is 6.61 Å². The van der Waals surface area contributed by atoms with E-state index in [1.165, 1.54) is 11.1 Å². The summed E-state index contributed by atoms with van der Waals surface area (Å²) in [7, 11) is 0. The third-order valence-corrected chi connectivity index (χ3v) is 2.78. The molecular weight excluding hydrogens is 218 g/mol. The van der Waals surface area contributed by atoms with Crippen LogP contribution in [-0.2, 0) is 16.0 Å². The summed E-state index contributed by atoms with van der Waals surface area (Å²) in [5, 5.41) is 8.67. The van der Waals surface area contributed by atoms with Crippen molar-refractivity contribution in [1.29, 1.82) is 0 Å². The minimum atomic E-state index is -0.834. The third-order valence-electron chi connectivity index (χ3n) is 2.78. The number of rotatable bonds is 4. The molecule has 90 valence electrons. The van der Waals surface area contributed by atoms with E-state index < -0.39 is 5.97 Å². The van der Waals surface area contributed by atoms with E-state index in [0.717, 1.165) is 0 Å². The topological polar surface area (TPSA) is 58.9 Å². The van der Waals surface area contributed by atoms with Crippen molar-refractivity contribution in [2.24, 2.45) is 4.99 Å². The van der Waals surface area contributed by atoms with Crippen LogP contribution < -0.4 is 0 Å². The summed E-state index contributed by atoms with van der Waals surface area (Å²) in [6.07, 6.45) is 0.681. The largest absolute Gasteiger partial charge is 0.481 e. The first-order chi connectivity index (χ1) is 8.15. The Balaban J connectivity index is 2.01. The average molecular weight is 233 g/mol. The number of aliphatic imine (C=N–C) groups is 1. The molecule has 0 bridgehead atoms. The lowest BCUT2D eigenvalue weighted by Crippen LogP contribution is -2.12. The molecule has 0 aliphatic carbocycles. The van der Waals surface area contributed by atoms with Crippen LogP contribution >= 0.6 is 0 Å². The minimum absolute atomic E-state index is 0.0390. The molecular formula is C13H15NO3. The fourth-order valence-corrected chi connectivity index (χ4v) is 1.84. The predicted octanol–water partition coefficient (Wildman–Crippen LogP) is 1.81.